The molecule has 0 saturated heterocycles. The van der Waals surface area contributed by atoms with E-state index in [-0.39, 0.29) is 19.1 Å². The van der Waals surface area contributed by atoms with E-state index in [1.165, 1.54) is 135 Å². The largest absolute Gasteiger partial charge is 0.756 e. The van der Waals surface area contributed by atoms with Crippen molar-refractivity contribution in [3.63, 3.8) is 0 Å². The molecule has 0 aromatic rings. The van der Waals surface area contributed by atoms with Gasteiger partial charge in [-0.25, -0.2) is 0 Å². The number of carbonyl (C=O) groups excluding carboxylic acids is 1. The summed E-state index contributed by atoms with van der Waals surface area (Å²) in [4.78, 5) is 25.3. The number of nitrogens with zero attached hydrogens (tertiary/aromatic N) is 1. The number of phosphoric acid groups is 1. The molecule has 3 atom stereocenters. The molecule has 0 spiro atoms. The van der Waals surface area contributed by atoms with E-state index in [1.807, 2.05) is 27.2 Å². The minimum Gasteiger partial charge on any atom is -0.756 e. The fraction of sp³-hybridized carbons (Fsp3) is 0.851. The lowest BCUT2D eigenvalue weighted by molar-refractivity contribution is -0.870. The van der Waals surface area contributed by atoms with Crippen LogP contribution in [0.2, 0.25) is 0 Å². The number of phosphoric ester groups is 1. The van der Waals surface area contributed by atoms with Gasteiger partial charge in [0.2, 0.25) is 5.91 Å². The zero-order valence-electron chi connectivity index (χ0n) is 37.3. The molecule has 1 amide bonds. The van der Waals surface area contributed by atoms with Crippen LogP contribution >= 0.6 is 7.82 Å². The van der Waals surface area contributed by atoms with Crippen LogP contribution in [-0.2, 0) is 18.4 Å². The summed E-state index contributed by atoms with van der Waals surface area (Å²) in [6, 6.07) is -0.888. The molecule has 0 rings (SSSR count). The van der Waals surface area contributed by atoms with E-state index in [4.69, 9.17) is 9.05 Å². The van der Waals surface area contributed by atoms with Crippen LogP contribution in [0.5, 0.6) is 0 Å². The molecule has 0 aliphatic heterocycles. The molecular formula is C47H91N2O6P. The molecule has 0 radical (unpaired) electrons. The highest BCUT2D eigenvalue weighted by atomic mass is 31.2. The molecule has 3 unspecified atom stereocenters. The number of rotatable bonds is 42. The zero-order valence-corrected chi connectivity index (χ0v) is 38.2. The van der Waals surface area contributed by atoms with Gasteiger partial charge in [0, 0.05) is 6.42 Å². The summed E-state index contributed by atoms with van der Waals surface area (Å²) in [5.74, 6) is -0.207. The van der Waals surface area contributed by atoms with Crippen LogP contribution in [0.4, 0.5) is 0 Å². The first kappa shape index (κ1) is 54.7. The van der Waals surface area contributed by atoms with E-state index in [9.17, 15) is 19.4 Å². The highest BCUT2D eigenvalue weighted by Gasteiger charge is 2.23. The number of hydrogen-bond acceptors (Lipinski definition) is 6. The van der Waals surface area contributed by atoms with E-state index in [1.54, 1.807) is 6.08 Å². The van der Waals surface area contributed by atoms with Crippen LogP contribution in [0, 0.1) is 0 Å². The molecule has 0 aromatic carbocycles. The fourth-order valence-corrected chi connectivity index (χ4v) is 7.32. The highest BCUT2D eigenvalue weighted by Crippen LogP contribution is 2.38. The summed E-state index contributed by atoms with van der Waals surface area (Å²) in [5, 5.41) is 13.7. The Morgan fingerprint density at radius 2 is 1.04 bits per heavy atom. The predicted molar refractivity (Wildman–Crippen MR) is 238 cm³/mol. The molecule has 0 fully saturated rings. The maximum absolute atomic E-state index is 12.8. The molecule has 0 aromatic heterocycles. The molecule has 0 bridgehead atoms. The quantitative estimate of drug-likeness (QED) is 0.0275. The lowest BCUT2D eigenvalue weighted by Gasteiger charge is -2.29. The summed E-state index contributed by atoms with van der Waals surface area (Å²) in [6.07, 6.45) is 47.7. The first-order chi connectivity index (χ1) is 27.0. The fourth-order valence-electron chi connectivity index (χ4n) is 6.59. The van der Waals surface area contributed by atoms with Crippen LogP contribution in [0.25, 0.3) is 0 Å². The van der Waals surface area contributed by atoms with Crippen molar-refractivity contribution in [2.75, 3.05) is 40.9 Å². The monoisotopic (exact) mass is 811 g/mol. The smallest absolute Gasteiger partial charge is 0.268 e. The van der Waals surface area contributed by atoms with Crippen molar-refractivity contribution in [1.82, 2.24) is 5.32 Å². The van der Waals surface area contributed by atoms with Crippen LogP contribution in [0.1, 0.15) is 206 Å². The first-order valence-corrected chi connectivity index (χ1v) is 24.8. The maximum Gasteiger partial charge on any atom is 0.268 e. The molecule has 330 valence electrons. The van der Waals surface area contributed by atoms with Gasteiger partial charge in [-0.15, -0.1) is 0 Å². The molecule has 0 heterocycles. The Hall–Kier alpha value is -1.28. The topological polar surface area (TPSA) is 108 Å². The molecular weight excluding hydrogens is 719 g/mol. The summed E-state index contributed by atoms with van der Waals surface area (Å²) < 4.78 is 23.2. The lowest BCUT2D eigenvalue weighted by atomic mass is 10.1. The number of nitrogens with one attached hydrogen (secondary N) is 1. The molecule has 2 N–H and O–H groups in total. The molecule has 9 heteroatoms. The number of amides is 1. The molecule has 0 aliphatic carbocycles. The Balaban J connectivity index is 4.29. The normalized spacial score (nSPS) is 14.6. The minimum absolute atomic E-state index is 0.00307. The predicted octanol–water partition coefficient (Wildman–Crippen LogP) is 12.5. The summed E-state index contributed by atoms with van der Waals surface area (Å²) >= 11 is 0. The van der Waals surface area contributed by atoms with Crippen molar-refractivity contribution in [3.05, 3.63) is 36.5 Å². The van der Waals surface area contributed by atoms with Crippen molar-refractivity contribution >= 4 is 13.7 Å². The average Bonchev–Trinajstić information content (AvgIpc) is 3.15. The van der Waals surface area contributed by atoms with E-state index in [0.29, 0.717) is 17.4 Å². The van der Waals surface area contributed by atoms with Crippen molar-refractivity contribution < 1.29 is 32.9 Å². The van der Waals surface area contributed by atoms with Gasteiger partial charge in [-0.2, -0.15) is 0 Å². The highest BCUT2D eigenvalue weighted by molar-refractivity contribution is 7.45. The Morgan fingerprint density at radius 3 is 1.48 bits per heavy atom. The Labute approximate surface area is 347 Å². The van der Waals surface area contributed by atoms with E-state index < -0.39 is 20.0 Å². The van der Waals surface area contributed by atoms with Gasteiger partial charge in [-0.05, 0) is 51.4 Å². The second-order valence-electron chi connectivity index (χ2n) is 17.1. The first-order valence-electron chi connectivity index (χ1n) is 23.4. The number of aliphatic hydroxyl groups is 1. The second kappa shape index (κ2) is 39.2. The third-order valence-electron chi connectivity index (χ3n) is 10.3. The number of carbonyl (C=O) groups is 1. The second-order valence-corrected chi connectivity index (χ2v) is 18.5. The third kappa shape index (κ3) is 40.9. The van der Waals surface area contributed by atoms with Crippen LogP contribution in [0.3, 0.4) is 0 Å². The summed E-state index contributed by atoms with van der Waals surface area (Å²) in [6.45, 7) is 4.62. The molecule has 0 saturated carbocycles. The van der Waals surface area contributed by atoms with Gasteiger partial charge in [-0.1, -0.05) is 185 Å². The van der Waals surface area contributed by atoms with Crippen molar-refractivity contribution in [3.8, 4) is 0 Å². The standard InChI is InChI=1S/C47H91N2O6P/c1-6-8-10-12-14-16-18-19-20-21-22-23-24-25-26-27-28-29-31-33-35-37-39-41-47(51)48-45(44-55-56(52,53)54-43-42-49(3,4)5)46(50)40-38-36-34-32-30-17-15-13-11-9-7-2/h22-23,25-26,38,40,45-46,50H,6-21,24,27-37,39,41-44H2,1-5H3,(H-,48,51,52,53)/b23-22-,26-25-,40-38+. The Bertz CT molecular complexity index is 1010. The lowest BCUT2D eigenvalue weighted by Crippen LogP contribution is -2.45. The third-order valence-corrected chi connectivity index (χ3v) is 11.3. The average molecular weight is 811 g/mol. The van der Waals surface area contributed by atoms with Gasteiger partial charge in [-0.3, -0.25) is 9.36 Å². The Kier molecular flexibility index (Phi) is 38.3. The molecule has 8 nitrogen and oxygen atoms in total. The van der Waals surface area contributed by atoms with Gasteiger partial charge in [0.1, 0.15) is 13.2 Å². The number of allylic oxidation sites excluding steroid dienone is 5. The number of hydrogen-bond donors (Lipinski definition) is 2. The van der Waals surface area contributed by atoms with E-state index in [2.05, 4.69) is 43.5 Å². The van der Waals surface area contributed by atoms with Crippen LogP contribution < -0.4 is 10.2 Å². The zero-order chi connectivity index (χ0) is 41.4. The van der Waals surface area contributed by atoms with E-state index in [0.717, 1.165) is 51.4 Å². The van der Waals surface area contributed by atoms with Gasteiger partial charge < -0.3 is 28.8 Å². The van der Waals surface area contributed by atoms with Crippen LogP contribution in [0.15, 0.2) is 36.5 Å². The van der Waals surface area contributed by atoms with Gasteiger partial charge in [0.15, 0.2) is 0 Å². The number of unbranched alkanes of at least 4 members (excludes halogenated alkanes) is 25. The summed E-state index contributed by atoms with van der Waals surface area (Å²) in [7, 11) is 1.25. The maximum atomic E-state index is 12.8. The van der Waals surface area contributed by atoms with Gasteiger partial charge >= 0.3 is 0 Å². The Morgan fingerprint density at radius 1 is 0.625 bits per heavy atom. The van der Waals surface area contributed by atoms with Gasteiger partial charge in [0.25, 0.3) is 7.82 Å². The summed E-state index contributed by atoms with van der Waals surface area (Å²) in [5.41, 5.74) is 0. The number of quaternary nitrogens is 1. The SMILES string of the molecule is CCCCCCCCCCC/C=C\C/C=C\CCCCCCCCCC(=O)NC(COP(=O)([O-])OCC[N+](C)(C)C)C(O)/C=C/CCCCCCCCCCC. The number of aliphatic hydroxyl groups excluding tert-OH is 1. The molecule has 56 heavy (non-hydrogen) atoms. The molecule has 0 aliphatic rings. The van der Waals surface area contributed by atoms with Crippen LogP contribution in [-0.4, -0.2) is 68.5 Å². The van der Waals surface area contributed by atoms with Gasteiger partial charge in [0.05, 0.1) is 39.9 Å². The van der Waals surface area contributed by atoms with Crippen molar-refractivity contribution in [1.29, 1.82) is 0 Å². The number of likely N-dealkylation sites (N-methyl/N-ethyl adjacent to an activating group) is 1. The van der Waals surface area contributed by atoms with Crippen molar-refractivity contribution in [2.24, 2.45) is 0 Å². The van der Waals surface area contributed by atoms with Crippen molar-refractivity contribution in [2.45, 2.75) is 219 Å². The van der Waals surface area contributed by atoms with E-state index >= 15 is 0 Å². The minimum atomic E-state index is -4.59.